The number of nitrogens with one attached hydrogen (secondary N) is 1. The van der Waals surface area contributed by atoms with Gasteiger partial charge in [0.15, 0.2) is 0 Å². The van der Waals surface area contributed by atoms with Crippen LogP contribution in [0, 0.1) is 13.8 Å². The third kappa shape index (κ3) is 2.10. The third-order valence-electron chi connectivity index (χ3n) is 2.29. The van der Waals surface area contributed by atoms with Gasteiger partial charge in [0, 0.05) is 5.56 Å². The number of H-pyrrole nitrogens is 1. The second kappa shape index (κ2) is 3.89. The first-order chi connectivity index (χ1) is 7.97. The normalized spacial score (nSPS) is 10.5. The first kappa shape index (κ1) is 11.1. The van der Waals surface area contributed by atoms with Gasteiger partial charge in [-0.3, -0.25) is 4.98 Å². The largest absolute Gasteiger partial charge is 0.477 e. The Balaban J connectivity index is 2.63. The lowest BCUT2D eigenvalue weighted by atomic mass is 10.1. The van der Waals surface area contributed by atoms with Gasteiger partial charge in [-0.15, -0.1) is 0 Å². The number of nitrogens with zero attached hydrogens (tertiary/aromatic N) is 1. The van der Waals surface area contributed by atoms with Gasteiger partial charge in [0.2, 0.25) is 0 Å². The smallest absolute Gasteiger partial charge is 0.352 e. The average molecular weight is 234 g/mol. The SMILES string of the molecule is Cc1cc(-c2cc(C(=O)O)[nH]c(=O)n2)c(C)o1. The van der Waals surface area contributed by atoms with Crippen molar-refractivity contribution >= 4 is 5.97 Å². The van der Waals surface area contributed by atoms with Crippen LogP contribution in [0.2, 0.25) is 0 Å². The Hall–Kier alpha value is -2.37. The number of aromatic amines is 1. The van der Waals surface area contributed by atoms with Crippen molar-refractivity contribution < 1.29 is 14.3 Å². The van der Waals surface area contributed by atoms with Crippen molar-refractivity contribution in [1.82, 2.24) is 9.97 Å². The third-order valence-corrected chi connectivity index (χ3v) is 2.29. The first-order valence-electron chi connectivity index (χ1n) is 4.89. The van der Waals surface area contributed by atoms with Gasteiger partial charge in [-0.25, -0.2) is 9.59 Å². The molecule has 2 aromatic rings. The maximum atomic E-state index is 11.2. The molecule has 2 aromatic heterocycles. The molecule has 0 spiro atoms. The first-order valence-corrected chi connectivity index (χ1v) is 4.89. The topological polar surface area (TPSA) is 96.2 Å². The van der Waals surface area contributed by atoms with Crippen molar-refractivity contribution in [3.63, 3.8) is 0 Å². The highest BCUT2D eigenvalue weighted by Gasteiger charge is 2.13. The fourth-order valence-electron chi connectivity index (χ4n) is 1.60. The Kier molecular flexibility index (Phi) is 2.55. The second-order valence-electron chi connectivity index (χ2n) is 3.62. The number of carboxylic acids is 1. The van der Waals surface area contributed by atoms with Gasteiger partial charge in [0.1, 0.15) is 17.2 Å². The van der Waals surface area contributed by atoms with E-state index in [2.05, 4.69) is 9.97 Å². The summed E-state index contributed by atoms with van der Waals surface area (Å²) >= 11 is 0. The molecule has 0 unspecified atom stereocenters. The summed E-state index contributed by atoms with van der Waals surface area (Å²) in [6, 6.07) is 3.02. The Labute approximate surface area is 95.9 Å². The highest BCUT2D eigenvalue weighted by molar-refractivity contribution is 5.86. The van der Waals surface area contributed by atoms with Gasteiger partial charge in [-0.2, -0.15) is 4.98 Å². The Morgan fingerprint density at radius 1 is 1.41 bits per heavy atom. The number of furan rings is 1. The van der Waals surface area contributed by atoms with Gasteiger partial charge < -0.3 is 9.52 Å². The average Bonchev–Trinajstić information content (AvgIpc) is 2.57. The standard InChI is InChI=1S/C11H10N2O4/c1-5-3-7(6(2)17-5)8-4-9(10(14)15)13-11(16)12-8/h3-4H,1-2H3,(H,14,15)(H,12,13,16). The Morgan fingerprint density at radius 2 is 2.12 bits per heavy atom. The van der Waals surface area contributed by atoms with E-state index in [1.807, 2.05) is 0 Å². The van der Waals surface area contributed by atoms with Crippen LogP contribution in [-0.4, -0.2) is 21.0 Å². The summed E-state index contributed by atoms with van der Waals surface area (Å²) in [4.78, 5) is 27.9. The molecule has 6 heteroatoms. The number of carbonyl (C=O) groups is 1. The summed E-state index contributed by atoms with van der Waals surface area (Å²) in [6.45, 7) is 3.49. The van der Waals surface area contributed by atoms with Crippen LogP contribution in [0.25, 0.3) is 11.3 Å². The lowest BCUT2D eigenvalue weighted by molar-refractivity contribution is 0.0690. The van der Waals surface area contributed by atoms with E-state index < -0.39 is 11.7 Å². The predicted octanol–water partition coefficient (Wildman–Crippen LogP) is 1.34. The van der Waals surface area contributed by atoms with E-state index in [1.165, 1.54) is 6.07 Å². The minimum absolute atomic E-state index is 0.196. The van der Waals surface area contributed by atoms with Crippen LogP contribution in [0.4, 0.5) is 0 Å². The van der Waals surface area contributed by atoms with E-state index in [0.29, 0.717) is 22.8 Å². The minimum atomic E-state index is -1.20. The van der Waals surface area contributed by atoms with Crippen molar-refractivity contribution in [2.45, 2.75) is 13.8 Å². The lowest BCUT2D eigenvalue weighted by Crippen LogP contribution is -2.16. The van der Waals surface area contributed by atoms with E-state index >= 15 is 0 Å². The second-order valence-corrected chi connectivity index (χ2v) is 3.62. The van der Waals surface area contributed by atoms with Crippen LogP contribution in [0.5, 0.6) is 0 Å². The molecule has 0 aromatic carbocycles. The fraction of sp³-hybridized carbons (Fsp3) is 0.182. The van der Waals surface area contributed by atoms with Crippen molar-refractivity contribution in [2.24, 2.45) is 0 Å². The molecule has 6 nitrogen and oxygen atoms in total. The molecule has 0 amide bonds. The molecule has 0 radical (unpaired) electrons. The molecule has 0 aliphatic heterocycles. The van der Waals surface area contributed by atoms with Crippen LogP contribution >= 0.6 is 0 Å². The zero-order valence-corrected chi connectivity index (χ0v) is 9.27. The van der Waals surface area contributed by atoms with E-state index in [4.69, 9.17) is 9.52 Å². The van der Waals surface area contributed by atoms with Crippen LogP contribution in [0.3, 0.4) is 0 Å². The minimum Gasteiger partial charge on any atom is -0.477 e. The highest BCUT2D eigenvalue weighted by atomic mass is 16.4. The highest BCUT2D eigenvalue weighted by Crippen LogP contribution is 2.24. The van der Waals surface area contributed by atoms with E-state index in [-0.39, 0.29) is 5.69 Å². The number of aromatic nitrogens is 2. The molecule has 2 heterocycles. The summed E-state index contributed by atoms with van der Waals surface area (Å²) in [5.74, 6) is 0.0667. The zero-order chi connectivity index (χ0) is 12.6. The van der Waals surface area contributed by atoms with Crippen LogP contribution in [0.15, 0.2) is 21.3 Å². The number of hydrogen-bond acceptors (Lipinski definition) is 4. The number of rotatable bonds is 2. The summed E-state index contributed by atoms with van der Waals surface area (Å²) in [5, 5.41) is 8.83. The summed E-state index contributed by atoms with van der Waals surface area (Å²) in [5.41, 5.74) is 0.0213. The molecule has 88 valence electrons. The van der Waals surface area contributed by atoms with Gasteiger partial charge >= 0.3 is 11.7 Å². The quantitative estimate of drug-likeness (QED) is 0.817. The molecule has 0 aliphatic carbocycles. The molecule has 2 N–H and O–H groups in total. The van der Waals surface area contributed by atoms with Gasteiger partial charge in [-0.05, 0) is 26.0 Å². The van der Waals surface area contributed by atoms with Crippen LogP contribution in [-0.2, 0) is 0 Å². The van der Waals surface area contributed by atoms with Crippen molar-refractivity contribution in [3.8, 4) is 11.3 Å². The monoisotopic (exact) mass is 234 g/mol. The Morgan fingerprint density at radius 3 is 2.65 bits per heavy atom. The van der Waals surface area contributed by atoms with Crippen LogP contribution < -0.4 is 5.69 Å². The van der Waals surface area contributed by atoms with Crippen LogP contribution in [0.1, 0.15) is 22.0 Å². The Bertz CT molecular complexity index is 639. The van der Waals surface area contributed by atoms with Crippen molar-refractivity contribution in [1.29, 1.82) is 0 Å². The molecule has 0 atom stereocenters. The molecular weight excluding hydrogens is 224 g/mol. The molecule has 0 saturated heterocycles. The number of hydrogen-bond donors (Lipinski definition) is 2. The fourth-order valence-corrected chi connectivity index (χ4v) is 1.60. The molecule has 0 aliphatic rings. The van der Waals surface area contributed by atoms with Crippen molar-refractivity contribution in [3.05, 3.63) is 39.8 Å². The molecule has 0 fully saturated rings. The molecule has 2 rings (SSSR count). The van der Waals surface area contributed by atoms with Crippen molar-refractivity contribution in [2.75, 3.05) is 0 Å². The summed E-state index contributed by atoms with van der Waals surface area (Å²) < 4.78 is 5.31. The molecule has 17 heavy (non-hydrogen) atoms. The number of aromatic carboxylic acids is 1. The maximum Gasteiger partial charge on any atom is 0.352 e. The summed E-state index contributed by atoms with van der Waals surface area (Å²) in [7, 11) is 0. The predicted molar refractivity (Wildman–Crippen MR) is 59.0 cm³/mol. The number of aryl methyl sites for hydroxylation is 2. The lowest BCUT2D eigenvalue weighted by Gasteiger charge is -1.99. The number of carboxylic acid groups (broad SMARTS) is 1. The van der Waals surface area contributed by atoms with Gasteiger partial charge in [-0.1, -0.05) is 0 Å². The zero-order valence-electron chi connectivity index (χ0n) is 9.27. The molecule has 0 bridgehead atoms. The molecule has 0 saturated carbocycles. The molecular formula is C11H10N2O4. The van der Waals surface area contributed by atoms with E-state index in [1.54, 1.807) is 19.9 Å². The maximum absolute atomic E-state index is 11.2. The summed E-state index contributed by atoms with van der Waals surface area (Å²) in [6.07, 6.45) is 0. The van der Waals surface area contributed by atoms with Gasteiger partial charge in [0.05, 0.1) is 5.69 Å². The van der Waals surface area contributed by atoms with Gasteiger partial charge in [0.25, 0.3) is 0 Å². The van der Waals surface area contributed by atoms with E-state index in [0.717, 1.165) is 0 Å². The van der Waals surface area contributed by atoms with E-state index in [9.17, 15) is 9.59 Å².